The van der Waals surface area contributed by atoms with Crippen molar-refractivity contribution in [2.24, 2.45) is 5.92 Å². The van der Waals surface area contributed by atoms with Gasteiger partial charge in [0.15, 0.2) is 0 Å². The molecule has 0 spiro atoms. The molecule has 0 bridgehead atoms. The largest absolute Gasteiger partial charge is 0.447 e. The van der Waals surface area contributed by atoms with Crippen LogP contribution in [0.2, 0.25) is 0 Å². The number of rotatable bonds is 6. The van der Waals surface area contributed by atoms with Crippen LogP contribution in [0.25, 0.3) is 5.69 Å². The average molecular weight is 392 g/mol. The topological polar surface area (TPSA) is 85.2 Å². The second-order valence-electron chi connectivity index (χ2n) is 7.40. The molecule has 3 heterocycles. The molecule has 2 atom stereocenters. The Morgan fingerprint density at radius 3 is 2.62 bits per heavy atom. The first-order chi connectivity index (χ1) is 14.0. The number of nitrogens with one attached hydrogen (secondary N) is 1. The molecule has 2 unspecified atom stereocenters. The Morgan fingerprint density at radius 1 is 1.14 bits per heavy atom. The van der Waals surface area contributed by atoms with Crippen LogP contribution in [0, 0.1) is 5.92 Å². The molecule has 4 rings (SSSR count). The first-order valence-electron chi connectivity index (χ1n) is 9.68. The highest BCUT2D eigenvalue weighted by Gasteiger charge is 2.37. The molecule has 8 nitrogen and oxygen atoms in total. The molecule has 1 aliphatic heterocycles. The zero-order chi connectivity index (χ0) is 20.4. The van der Waals surface area contributed by atoms with Crippen molar-refractivity contribution in [1.82, 2.24) is 19.7 Å². The number of hydrogen-bond donors (Lipinski definition) is 1. The van der Waals surface area contributed by atoms with Gasteiger partial charge < -0.3 is 10.1 Å². The van der Waals surface area contributed by atoms with Crippen molar-refractivity contribution in [2.75, 3.05) is 16.8 Å². The standard InChI is InChI=1S/C21H24N6O2/c1-14(2)18-13-29-21(28)27(18)19-9-11-22-20(25-19)24-15(3)16-5-7-17(8-6-16)26-12-4-10-23-26/h4-12,14-15,18H,13H2,1-3H3,(H,22,24,25). The van der Waals surface area contributed by atoms with Crippen molar-refractivity contribution < 1.29 is 9.53 Å². The van der Waals surface area contributed by atoms with E-state index in [-0.39, 0.29) is 24.1 Å². The zero-order valence-corrected chi connectivity index (χ0v) is 16.7. The third-order valence-corrected chi connectivity index (χ3v) is 5.07. The number of aromatic nitrogens is 4. The molecule has 1 fully saturated rings. The highest BCUT2D eigenvalue weighted by atomic mass is 16.6. The lowest BCUT2D eigenvalue weighted by Gasteiger charge is -2.23. The summed E-state index contributed by atoms with van der Waals surface area (Å²) >= 11 is 0. The van der Waals surface area contributed by atoms with Gasteiger partial charge in [-0.2, -0.15) is 10.1 Å². The smallest absolute Gasteiger partial charge is 0.415 e. The monoisotopic (exact) mass is 392 g/mol. The number of amides is 1. The predicted octanol–water partition coefficient (Wildman–Crippen LogP) is 3.82. The fourth-order valence-corrected chi connectivity index (χ4v) is 3.36. The summed E-state index contributed by atoms with van der Waals surface area (Å²) in [4.78, 5) is 22.7. The van der Waals surface area contributed by atoms with Crippen molar-refractivity contribution in [1.29, 1.82) is 0 Å². The highest BCUT2D eigenvalue weighted by molar-refractivity contribution is 5.89. The molecule has 0 saturated carbocycles. The van der Waals surface area contributed by atoms with Crippen LogP contribution in [-0.2, 0) is 4.74 Å². The Bertz CT molecular complexity index is 971. The van der Waals surface area contributed by atoms with E-state index in [0.29, 0.717) is 18.4 Å². The van der Waals surface area contributed by atoms with Gasteiger partial charge in [0, 0.05) is 18.6 Å². The molecular formula is C21H24N6O2. The van der Waals surface area contributed by atoms with Gasteiger partial charge in [-0.3, -0.25) is 4.90 Å². The maximum atomic E-state index is 12.2. The second-order valence-corrected chi connectivity index (χ2v) is 7.40. The number of carbonyl (C=O) groups is 1. The minimum absolute atomic E-state index is 0.0108. The van der Waals surface area contributed by atoms with Crippen molar-refractivity contribution in [3.63, 3.8) is 0 Å². The molecule has 2 aromatic heterocycles. The van der Waals surface area contributed by atoms with Crippen LogP contribution in [0.15, 0.2) is 55.0 Å². The summed E-state index contributed by atoms with van der Waals surface area (Å²) < 4.78 is 7.04. The summed E-state index contributed by atoms with van der Waals surface area (Å²) in [5.74, 6) is 1.28. The number of hydrogen-bond acceptors (Lipinski definition) is 6. The summed E-state index contributed by atoms with van der Waals surface area (Å²) in [5, 5.41) is 7.55. The normalized spacial score (nSPS) is 17.4. The van der Waals surface area contributed by atoms with E-state index < -0.39 is 0 Å². The third-order valence-electron chi connectivity index (χ3n) is 5.07. The quantitative estimate of drug-likeness (QED) is 0.686. The highest BCUT2D eigenvalue weighted by Crippen LogP contribution is 2.26. The van der Waals surface area contributed by atoms with E-state index in [1.165, 1.54) is 0 Å². The van der Waals surface area contributed by atoms with Gasteiger partial charge in [-0.05, 0) is 42.7 Å². The van der Waals surface area contributed by atoms with E-state index in [0.717, 1.165) is 11.3 Å². The molecule has 1 N–H and O–H groups in total. The van der Waals surface area contributed by atoms with Crippen molar-refractivity contribution in [3.05, 3.63) is 60.6 Å². The molecule has 3 aromatic rings. The molecule has 150 valence electrons. The van der Waals surface area contributed by atoms with Crippen LogP contribution in [0.3, 0.4) is 0 Å². The predicted molar refractivity (Wildman–Crippen MR) is 110 cm³/mol. The maximum Gasteiger partial charge on any atom is 0.415 e. The fourth-order valence-electron chi connectivity index (χ4n) is 3.36. The number of anilines is 2. The summed E-state index contributed by atoms with van der Waals surface area (Å²) in [6.45, 7) is 6.55. The summed E-state index contributed by atoms with van der Waals surface area (Å²) in [5.41, 5.74) is 2.09. The third kappa shape index (κ3) is 3.91. The zero-order valence-electron chi connectivity index (χ0n) is 16.7. The van der Waals surface area contributed by atoms with E-state index >= 15 is 0 Å². The molecule has 29 heavy (non-hydrogen) atoms. The summed E-state index contributed by atoms with van der Waals surface area (Å²) in [6, 6.07) is 11.7. The summed E-state index contributed by atoms with van der Waals surface area (Å²) in [7, 11) is 0. The van der Waals surface area contributed by atoms with E-state index in [4.69, 9.17) is 4.74 Å². The molecule has 1 aliphatic rings. The van der Waals surface area contributed by atoms with Crippen LogP contribution in [-0.4, -0.2) is 38.5 Å². The average Bonchev–Trinajstić information content (AvgIpc) is 3.38. The molecule has 8 heteroatoms. The van der Waals surface area contributed by atoms with Crippen LogP contribution < -0.4 is 10.2 Å². The van der Waals surface area contributed by atoms with Crippen LogP contribution in [0.4, 0.5) is 16.6 Å². The molecule has 1 amide bonds. The SMILES string of the molecule is CC(Nc1nccc(N2C(=O)OCC2C(C)C)n1)c1ccc(-n2cccn2)cc1. The lowest BCUT2D eigenvalue weighted by molar-refractivity contribution is 0.177. The number of cyclic esters (lactones) is 1. The van der Waals surface area contributed by atoms with Gasteiger partial charge in [0.2, 0.25) is 5.95 Å². The second kappa shape index (κ2) is 7.90. The van der Waals surface area contributed by atoms with Gasteiger partial charge in [0.1, 0.15) is 12.4 Å². The van der Waals surface area contributed by atoms with Crippen LogP contribution in [0.1, 0.15) is 32.4 Å². The van der Waals surface area contributed by atoms with Crippen LogP contribution in [0.5, 0.6) is 0 Å². The Balaban J connectivity index is 1.50. The minimum atomic E-state index is -0.365. The Kier molecular flexibility index (Phi) is 5.16. The van der Waals surface area contributed by atoms with Gasteiger partial charge in [-0.25, -0.2) is 14.5 Å². The Morgan fingerprint density at radius 2 is 1.93 bits per heavy atom. The van der Waals surface area contributed by atoms with Gasteiger partial charge in [0.25, 0.3) is 0 Å². The lowest BCUT2D eigenvalue weighted by atomic mass is 10.0. The first kappa shape index (κ1) is 18.9. The van der Waals surface area contributed by atoms with Gasteiger partial charge in [-0.15, -0.1) is 0 Å². The molecule has 1 aromatic carbocycles. The van der Waals surface area contributed by atoms with Gasteiger partial charge in [0.05, 0.1) is 17.8 Å². The van der Waals surface area contributed by atoms with Crippen molar-refractivity contribution in [3.8, 4) is 5.69 Å². The number of benzene rings is 1. The molecule has 1 saturated heterocycles. The Labute approximate surface area is 169 Å². The van der Waals surface area contributed by atoms with E-state index in [1.54, 1.807) is 23.4 Å². The minimum Gasteiger partial charge on any atom is -0.447 e. The first-order valence-corrected chi connectivity index (χ1v) is 9.68. The number of ether oxygens (including phenoxy) is 1. The van der Waals surface area contributed by atoms with E-state index in [9.17, 15) is 4.79 Å². The lowest BCUT2D eigenvalue weighted by Crippen LogP contribution is -2.37. The van der Waals surface area contributed by atoms with Crippen LogP contribution >= 0.6 is 0 Å². The van der Waals surface area contributed by atoms with Crippen molar-refractivity contribution in [2.45, 2.75) is 32.9 Å². The van der Waals surface area contributed by atoms with E-state index in [1.807, 2.05) is 48.1 Å². The maximum absolute atomic E-state index is 12.2. The van der Waals surface area contributed by atoms with Crippen molar-refractivity contribution >= 4 is 17.9 Å². The molecule has 0 aliphatic carbocycles. The summed E-state index contributed by atoms with van der Waals surface area (Å²) in [6.07, 6.45) is 4.95. The number of nitrogens with zero attached hydrogens (tertiary/aromatic N) is 5. The Hall–Kier alpha value is -3.42. The van der Waals surface area contributed by atoms with Gasteiger partial charge in [-0.1, -0.05) is 26.0 Å². The van der Waals surface area contributed by atoms with E-state index in [2.05, 4.69) is 34.2 Å². The van der Waals surface area contributed by atoms with Gasteiger partial charge >= 0.3 is 6.09 Å². The number of carbonyl (C=O) groups excluding carboxylic acids is 1. The molecule has 0 radical (unpaired) electrons. The fraction of sp³-hybridized carbons (Fsp3) is 0.333. The molecular weight excluding hydrogens is 368 g/mol.